The molecule has 0 atom stereocenters. The van der Waals surface area contributed by atoms with Crippen LogP contribution in [0.3, 0.4) is 0 Å². The van der Waals surface area contributed by atoms with Crippen LogP contribution in [-0.4, -0.2) is 38.2 Å². The normalized spacial score (nSPS) is 15.9. The first-order chi connectivity index (χ1) is 7.81. The monoisotopic (exact) mass is 218 g/mol. The first-order valence-electron chi connectivity index (χ1n) is 5.60. The molecule has 3 nitrogen and oxygen atoms in total. The highest BCUT2D eigenvalue weighted by atomic mass is 16.5. The average Bonchev–Trinajstić information content (AvgIpc) is 2.39. The number of hydrogen-bond acceptors (Lipinski definition) is 3. The highest BCUT2D eigenvalue weighted by Gasteiger charge is 2.12. The number of nitrogens with zero attached hydrogens (tertiary/aromatic N) is 1. The Hall–Kier alpha value is -1.48. The number of methoxy groups -OCH3 is 1. The van der Waals surface area contributed by atoms with Crippen LogP contribution in [0.4, 0.5) is 0 Å². The highest BCUT2D eigenvalue weighted by molar-refractivity contribution is 5.62. The zero-order chi connectivity index (χ0) is 11.4. The van der Waals surface area contributed by atoms with E-state index in [0.29, 0.717) is 0 Å². The van der Waals surface area contributed by atoms with E-state index in [9.17, 15) is 0 Å². The van der Waals surface area contributed by atoms with Gasteiger partial charge in [-0.3, -0.25) is 0 Å². The molecule has 1 heterocycles. The van der Waals surface area contributed by atoms with Gasteiger partial charge in [-0.25, -0.2) is 0 Å². The van der Waals surface area contributed by atoms with Gasteiger partial charge in [0.15, 0.2) is 0 Å². The van der Waals surface area contributed by atoms with E-state index in [1.807, 2.05) is 12.1 Å². The fraction of sp³-hybridized carbons (Fsp3) is 0.385. The molecule has 86 valence electrons. The fourth-order valence-corrected chi connectivity index (χ4v) is 1.90. The largest absolute Gasteiger partial charge is 0.497 e. The SMILES string of the molecule is C=C(c1ccc(OC)cc1)N1CCNCC1. The maximum absolute atomic E-state index is 5.14. The van der Waals surface area contributed by atoms with Crippen LogP contribution < -0.4 is 10.1 Å². The first-order valence-corrected chi connectivity index (χ1v) is 5.60. The molecule has 1 aliphatic heterocycles. The zero-order valence-electron chi connectivity index (χ0n) is 9.70. The lowest BCUT2D eigenvalue weighted by Crippen LogP contribution is -2.42. The molecule has 0 aromatic heterocycles. The molecule has 1 aromatic carbocycles. The highest BCUT2D eigenvalue weighted by Crippen LogP contribution is 2.20. The van der Waals surface area contributed by atoms with Crippen molar-refractivity contribution in [3.63, 3.8) is 0 Å². The molecule has 3 heteroatoms. The van der Waals surface area contributed by atoms with E-state index >= 15 is 0 Å². The van der Waals surface area contributed by atoms with Gasteiger partial charge in [-0.2, -0.15) is 0 Å². The van der Waals surface area contributed by atoms with E-state index in [2.05, 4.69) is 28.9 Å². The number of benzene rings is 1. The number of ether oxygens (including phenoxy) is 1. The molecule has 0 unspecified atom stereocenters. The van der Waals surface area contributed by atoms with E-state index in [4.69, 9.17) is 4.74 Å². The molecule has 1 saturated heterocycles. The second-order valence-corrected chi connectivity index (χ2v) is 3.91. The summed E-state index contributed by atoms with van der Waals surface area (Å²) in [5.74, 6) is 0.886. The third-order valence-corrected chi connectivity index (χ3v) is 2.92. The smallest absolute Gasteiger partial charge is 0.118 e. The lowest BCUT2D eigenvalue weighted by Gasteiger charge is -2.31. The van der Waals surface area contributed by atoms with Gasteiger partial charge in [0.25, 0.3) is 0 Å². The summed E-state index contributed by atoms with van der Waals surface area (Å²) in [7, 11) is 1.68. The van der Waals surface area contributed by atoms with E-state index in [1.54, 1.807) is 7.11 Å². The van der Waals surface area contributed by atoms with Crippen LogP contribution in [0.2, 0.25) is 0 Å². The van der Waals surface area contributed by atoms with Crippen molar-refractivity contribution in [3.8, 4) is 5.75 Å². The van der Waals surface area contributed by atoms with Gasteiger partial charge < -0.3 is 15.0 Å². The molecule has 16 heavy (non-hydrogen) atoms. The molecule has 1 N–H and O–H groups in total. The van der Waals surface area contributed by atoms with Gasteiger partial charge in [-0.15, -0.1) is 0 Å². The molecule has 0 amide bonds. The number of rotatable bonds is 3. The van der Waals surface area contributed by atoms with Crippen LogP contribution in [0, 0.1) is 0 Å². The summed E-state index contributed by atoms with van der Waals surface area (Å²) < 4.78 is 5.14. The van der Waals surface area contributed by atoms with Crippen LogP contribution in [-0.2, 0) is 0 Å². The summed E-state index contributed by atoms with van der Waals surface area (Å²) >= 11 is 0. The number of piperazine rings is 1. The molecule has 0 radical (unpaired) electrons. The van der Waals surface area contributed by atoms with Crippen molar-refractivity contribution in [2.24, 2.45) is 0 Å². The van der Waals surface area contributed by atoms with Gasteiger partial charge in [0.1, 0.15) is 5.75 Å². The first kappa shape index (κ1) is 11.0. The predicted molar refractivity (Wildman–Crippen MR) is 66.5 cm³/mol. The maximum atomic E-state index is 5.14. The molecule has 0 aliphatic carbocycles. The van der Waals surface area contributed by atoms with Crippen molar-refractivity contribution >= 4 is 5.70 Å². The lowest BCUT2D eigenvalue weighted by molar-refractivity contribution is 0.341. The maximum Gasteiger partial charge on any atom is 0.118 e. The Morgan fingerprint density at radius 1 is 1.25 bits per heavy atom. The molecule has 0 saturated carbocycles. The Labute approximate surface area is 96.7 Å². The zero-order valence-corrected chi connectivity index (χ0v) is 9.70. The van der Waals surface area contributed by atoms with Gasteiger partial charge in [0, 0.05) is 31.9 Å². The minimum atomic E-state index is 0.886. The summed E-state index contributed by atoms with van der Waals surface area (Å²) in [6.45, 7) is 8.30. The second-order valence-electron chi connectivity index (χ2n) is 3.91. The Morgan fingerprint density at radius 3 is 2.44 bits per heavy atom. The van der Waals surface area contributed by atoms with E-state index in [1.165, 1.54) is 5.56 Å². The van der Waals surface area contributed by atoms with Gasteiger partial charge in [0.05, 0.1) is 7.11 Å². The topological polar surface area (TPSA) is 24.5 Å². The summed E-state index contributed by atoms with van der Waals surface area (Å²) in [6.07, 6.45) is 0. The molecule has 1 aliphatic rings. The van der Waals surface area contributed by atoms with Crippen LogP contribution in [0.5, 0.6) is 5.75 Å². The Kier molecular flexibility index (Phi) is 3.47. The van der Waals surface area contributed by atoms with Crippen molar-refractivity contribution in [1.82, 2.24) is 10.2 Å². The summed E-state index contributed by atoms with van der Waals surface area (Å²) in [6, 6.07) is 8.07. The van der Waals surface area contributed by atoms with Crippen LogP contribution in [0.25, 0.3) is 5.70 Å². The van der Waals surface area contributed by atoms with E-state index in [-0.39, 0.29) is 0 Å². The lowest BCUT2D eigenvalue weighted by atomic mass is 10.1. The summed E-state index contributed by atoms with van der Waals surface area (Å²) in [4.78, 5) is 2.32. The van der Waals surface area contributed by atoms with Crippen LogP contribution in [0.15, 0.2) is 30.8 Å². The van der Waals surface area contributed by atoms with Gasteiger partial charge >= 0.3 is 0 Å². The average molecular weight is 218 g/mol. The predicted octanol–water partition coefficient (Wildman–Crippen LogP) is 1.57. The van der Waals surface area contributed by atoms with E-state index in [0.717, 1.165) is 37.6 Å². The fourth-order valence-electron chi connectivity index (χ4n) is 1.90. The molecule has 1 fully saturated rings. The standard InChI is InChI=1S/C13H18N2O/c1-11(15-9-7-14-8-10-15)12-3-5-13(16-2)6-4-12/h3-6,14H,1,7-10H2,2H3. The summed E-state index contributed by atoms with van der Waals surface area (Å²) in [5.41, 5.74) is 2.27. The van der Waals surface area contributed by atoms with Gasteiger partial charge in [-0.1, -0.05) is 6.58 Å². The second kappa shape index (κ2) is 5.03. The molecule has 2 rings (SSSR count). The number of hydrogen-bond donors (Lipinski definition) is 1. The van der Waals surface area contributed by atoms with Crippen LogP contribution >= 0.6 is 0 Å². The quantitative estimate of drug-likeness (QED) is 0.833. The van der Waals surface area contributed by atoms with Crippen molar-refractivity contribution in [3.05, 3.63) is 36.4 Å². The van der Waals surface area contributed by atoms with E-state index < -0.39 is 0 Å². The number of nitrogens with one attached hydrogen (secondary N) is 1. The third-order valence-electron chi connectivity index (χ3n) is 2.92. The minimum Gasteiger partial charge on any atom is -0.497 e. The van der Waals surface area contributed by atoms with Gasteiger partial charge in [0.2, 0.25) is 0 Å². The minimum absolute atomic E-state index is 0.886. The van der Waals surface area contributed by atoms with Crippen molar-refractivity contribution < 1.29 is 4.74 Å². The Morgan fingerprint density at radius 2 is 1.88 bits per heavy atom. The molecule has 0 bridgehead atoms. The van der Waals surface area contributed by atoms with Gasteiger partial charge in [-0.05, 0) is 29.8 Å². The van der Waals surface area contributed by atoms with Crippen molar-refractivity contribution in [2.75, 3.05) is 33.3 Å². The molecule has 1 aromatic rings. The Bertz CT molecular complexity index is 353. The molecular formula is C13H18N2O. The molecular weight excluding hydrogens is 200 g/mol. The van der Waals surface area contributed by atoms with Crippen LogP contribution in [0.1, 0.15) is 5.56 Å². The summed E-state index contributed by atoms with van der Waals surface area (Å²) in [5, 5.41) is 3.34. The van der Waals surface area contributed by atoms with Crippen molar-refractivity contribution in [1.29, 1.82) is 0 Å². The van der Waals surface area contributed by atoms with Crippen molar-refractivity contribution in [2.45, 2.75) is 0 Å². The molecule has 0 spiro atoms. The Balaban J connectivity index is 2.07. The third kappa shape index (κ3) is 2.36.